The number of carbonyl (C=O) groups excluding carboxylic acids is 1. The number of nitrogens with zero attached hydrogens (tertiary/aromatic N) is 1. The minimum Gasteiger partial charge on any atom is -0.491 e. The molecule has 1 fully saturated rings. The average molecular weight is 290 g/mol. The van der Waals surface area contributed by atoms with Crippen LogP contribution in [-0.2, 0) is 0 Å². The number of benzene rings is 1. The van der Waals surface area contributed by atoms with Crippen molar-refractivity contribution >= 4 is 5.91 Å². The number of carbonyl (C=O) groups is 1. The fraction of sp³-hybridized carbons (Fsp3) is 0.588. The van der Waals surface area contributed by atoms with Crippen molar-refractivity contribution in [1.29, 1.82) is 0 Å². The summed E-state index contributed by atoms with van der Waals surface area (Å²) in [5, 5.41) is 0. The van der Waals surface area contributed by atoms with Gasteiger partial charge in [0, 0.05) is 24.7 Å². The highest BCUT2D eigenvalue weighted by Gasteiger charge is 2.26. The molecule has 1 heterocycles. The summed E-state index contributed by atoms with van der Waals surface area (Å²) in [6.07, 6.45) is 4.39. The minimum absolute atomic E-state index is 0.0836. The van der Waals surface area contributed by atoms with E-state index in [1.165, 1.54) is 0 Å². The molecule has 1 aromatic rings. The lowest BCUT2D eigenvalue weighted by atomic mass is 10.0. The number of nitrogens with two attached hydrogens (primary N) is 1. The summed E-state index contributed by atoms with van der Waals surface area (Å²) in [6.45, 7) is 5.48. The highest BCUT2D eigenvalue weighted by molar-refractivity contribution is 5.94. The number of ether oxygens (including phenoxy) is 1. The molecular formula is C17H26N2O2. The molecule has 4 heteroatoms. The topological polar surface area (TPSA) is 55.6 Å². The molecule has 0 saturated carbocycles. The first kappa shape index (κ1) is 15.8. The van der Waals surface area contributed by atoms with E-state index in [9.17, 15) is 4.79 Å². The quantitative estimate of drug-likeness (QED) is 0.907. The molecule has 0 aliphatic carbocycles. The van der Waals surface area contributed by atoms with Crippen LogP contribution in [0.1, 0.15) is 49.9 Å². The van der Waals surface area contributed by atoms with E-state index in [4.69, 9.17) is 10.5 Å². The normalized spacial score (nSPS) is 20.1. The second-order valence-electron chi connectivity index (χ2n) is 5.74. The molecule has 21 heavy (non-hydrogen) atoms. The van der Waals surface area contributed by atoms with Crippen LogP contribution in [-0.4, -0.2) is 36.0 Å². The molecule has 2 atom stereocenters. The van der Waals surface area contributed by atoms with Crippen molar-refractivity contribution in [3.8, 4) is 5.75 Å². The molecule has 0 aromatic heterocycles. The summed E-state index contributed by atoms with van der Waals surface area (Å²) in [5.41, 5.74) is 6.50. The largest absolute Gasteiger partial charge is 0.491 e. The zero-order valence-corrected chi connectivity index (χ0v) is 13.0. The lowest BCUT2D eigenvalue weighted by Gasteiger charge is -2.35. The van der Waals surface area contributed by atoms with Gasteiger partial charge in [0.1, 0.15) is 5.75 Å². The fourth-order valence-corrected chi connectivity index (χ4v) is 2.67. The van der Waals surface area contributed by atoms with Crippen LogP contribution in [0.5, 0.6) is 5.75 Å². The van der Waals surface area contributed by atoms with E-state index in [-0.39, 0.29) is 18.1 Å². The summed E-state index contributed by atoms with van der Waals surface area (Å²) in [5.74, 6) is 0.898. The van der Waals surface area contributed by atoms with E-state index >= 15 is 0 Å². The highest BCUT2D eigenvalue weighted by Crippen LogP contribution is 2.21. The van der Waals surface area contributed by atoms with Crippen LogP contribution >= 0.6 is 0 Å². The van der Waals surface area contributed by atoms with Crippen molar-refractivity contribution < 1.29 is 9.53 Å². The van der Waals surface area contributed by atoms with Gasteiger partial charge < -0.3 is 15.4 Å². The molecule has 0 radical (unpaired) electrons. The molecule has 1 aliphatic rings. The van der Waals surface area contributed by atoms with E-state index in [2.05, 4.69) is 6.92 Å². The molecule has 0 bridgehead atoms. The number of hydrogen-bond donors (Lipinski definition) is 1. The van der Waals surface area contributed by atoms with Crippen LogP contribution in [0.25, 0.3) is 0 Å². The summed E-state index contributed by atoms with van der Waals surface area (Å²) in [7, 11) is 0. The molecule has 1 aromatic carbocycles. The third kappa shape index (κ3) is 3.97. The van der Waals surface area contributed by atoms with E-state index in [0.717, 1.165) is 38.0 Å². The minimum atomic E-state index is 0.0836. The Labute approximate surface area is 127 Å². The van der Waals surface area contributed by atoms with Gasteiger partial charge in [-0.05, 0) is 56.9 Å². The first-order valence-corrected chi connectivity index (χ1v) is 7.93. The first-order chi connectivity index (χ1) is 10.2. The molecule has 1 aliphatic heterocycles. The van der Waals surface area contributed by atoms with Gasteiger partial charge in [0.15, 0.2) is 0 Å². The maximum atomic E-state index is 12.6. The lowest BCUT2D eigenvalue weighted by molar-refractivity contribution is 0.0623. The molecule has 4 nitrogen and oxygen atoms in total. The van der Waals surface area contributed by atoms with Gasteiger partial charge in [-0.25, -0.2) is 0 Å². The number of hydrogen-bond acceptors (Lipinski definition) is 3. The van der Waals surface area contributed by atoms with Gasteiger partial charge in [0.2, 0.25) is 0 Å². The molecular weight excluding hydrogens is 264 g/mol. The summed E-state index contributed by atoms with van der Waals surface area (Å²) in [6, 6.07) is 7.63. The average Bonchev–Trinajstić information content (AvgIpc) is 2.54. The Kier molecular flexibility index (Phi) is 5.62. The van der Waals surface area contributed by atoms with Gasteiger partial charge in [-0.3, -0.25) is 4.79 Å². The number of likely N-dealkylation sites (tertiary alicyclic amines) is 1. The summed E-state index contributed by atoms with van der Waals surface area (Å²) < 4.78 is 5.74. The summed E-state index contributed by atoms with van der Waals surface area (Å²) in [4.78, 5) is 14.5. The Morgan fingerprint density at radius 3 is 2.71 bits per heavy atom. The maximum absolute atomic E-state index is 12.6. The molecule has 1 saturated heterocycles. The van der Waals surface area contributed by atoms with Gasteiger partial charge in [-0.2, -0.15) is 0 Å². The van der Waals surface area contributed by atoms with E-state index in [1.54, 1.807) is 0 Å². The van der Waals surface area contributed by atoms with Crippen LogP contribution in [0.3, 0.4) is 0 Å². The van der Waals surface area contributed by atoms with Gasteiger partial charge >= 0.3 is 0 Å². The van der Waals surface area contributed by atoms with Crippen molar-refractivity contribution in [3.05, 3.63) is 29.8 Å². The SMILES string of the molecule is CCC(C)Oc1ccc(C(=O)N2CCCCC2CN)cc1. The van der Waals surface area contributed by atoms with Crippen LogP contribution in [0.4, 0.5) is 0 Å². The maximum Gasteiger partial charge on any atom is 0.254 e. The van der Waals surface area contributed by atoms with Crippen molar-refractivity contribution in [2.24, 2.45) is 5.73 Å². The Hall–Kier alpha value is -1.55. The Bertz CT molecular complexity index is 458. The lowest BCUT2D eigenvalue weighted by Crippen LogP contribution is -2.47. The Balaban J connectivity index is 2.05. The van der Waals surface area contributed by atoms with Gasteiger partial charge in [-0.15, -0.1) is 0 Å². The first-order valence-electron chi connectivity index (χ1n) is 7.93. The third-order valence-electron chi connectivity index (χ3n) is 4.17. The van der Waals surface area contributed by atoms with E-state index in [1.807, 2.05) is 36.1 Å². The molecule has 2 N–H and O–H groups in total. The van der Waals surface area contributed by atoms with Crippen LogP contribution in [0, 0.1) is 0 Å². The van der Waals surface area contributed by atoms with E-state index in [0.29, 0.717) is 12.1 Å². The Morgan fingerprint density at radius 1 is 1.38 bits per heavy atom. The van der Waals surface area contributed by atoms with Crippen molar-refractivity contribution in [1.82, 2.24) is 4.90 Å². The van der Waals surface area contributed by atoms with Crippen molar-refractivity contribution in [3.63, 3.8) is 0 Å². The van der Waals surface area contributed by atoms with E-state index < -0.39 is 0 Å². The fourth-order valence-electron chi connectivity index (χ4n) is 2.67. The monoisotopic (exact) mass is 290 g/mol. The predicted octanol–water partition coefficient (Wildman–Crippen LogP) is 2.82. The molecule has 0 spiro atoms. The second kappa shape index (κ2) is 7.46. The zero-order valence-electron chi connectivity index (χ0n) is 13.0. The van der Waals surface area contributed by atoms with Crippen LogP contribution < -0.4 is 10.5 Å². The highest BCUT2D eigenvalue weighted by atomic mass is 16.5. The van der Waals surface area contributed by atoms with Gasteiger partial charge in [-0.1, -0.05) is 6.92 Å². The standard InChI is InChI=1S/C17H26N2O2/c1-3-13(2)21-16-9-7-14(8-10-16)17(20)19-11-5-4-6-15(19)12-18/h7-10,13,15H,3-6,11-12,18H2,1-2H3. The molecule has 2 rings (SSSR count). The molecule has 116 valence electrons. The van der Waals surface area contributed by atoms with Crippen molar-refractivity contribution in [2.45, 2.75) is 51.7 Å². The third-order valence-corrected chi connectivity index (χ3v) is 4.17. The zero-order chi connectivity index (χ0) is 15.2. The smallest absolute Gasteiger partial charge is 0.254 e. The molecule has 2 unspecified atom stereocenters. The van der Waals surface area contributed by atoms with Gasteiger partial charge in [0.05, 0.1) is 6.10 Å². The number of rotatable bonds is 5. The number of piperidine rings is 1. The Morgan fingerprint density at radius 2 is 2.10 bits per heavy atom. The number of amides is 1. The van der Waals surface area contributed by atoms with Crippen LogP contribution in [0.15, 0.2) is 24.3 Å². The predicted molar refractivity (Wildman–Crippen MR) is 84.6 cm³/mol. The van der Waals surface area contributed by atoms with Crippen molar-refractivity contribution in [2.75, 3.05) is 13.1 Å². The van der Waals surface area contributed by atoms with Gasteiger partial charge in [0.25, 0.3) is 5.91 Å². The molecule has 1 amide bonds. The van der Waals surface area contributed by atoms with Crippen LogP contribution in [0.2, 0.25) is 0 Å². The summed E-state index contributed by atoms with van der Waals surface area (Å²) >= 11 is 0. The second-order valence-corrected chi connectivity index (χ2v) is 5.74.